The third kappa shape index (κ3) is 5.24. The van der Waals surface area contributed by atoms with E-state index in [1.807, 2.05) is 0 Å². The van der Waals surface area contributed by atoms with Crippen LogP contribution in [0.25, 0.3) is 0 Å². The van der Waals surface area contributed by atoms with Crippen LogP contribution in [0.3, 0.4) is 0 Å². The van der Waals surface area contributed by atoms with Crippen molar-refractivity contribution >= 4 is 0 Å². The van der Waals surface area contributed by atoms with Gasteiger partial charge in [0, 0.05) is 19.7 Å². The maximum absolute atomic E-state index is 5.84. The second kappa shape index (κ2) is 5.58. The van der Waals surface area contributed by atoms with Crippen molar-refractivity contribution in [2.75, 3.05) is 33.9 Å². The first kappa shape index (κ1) is 11.0. The molecule has 0 aromatic rings. The Morgan fingerprint density at radius 3 is 2.77 bits per heavy atom. The zero-order chi connectivity index (χ0) is 9.68. The molecule has 78 valence electrons. The molecule has 13 heavy (non-hydrogen) atoms. The maximum Gasteiger partial charge on any atom is 0.0626 e. The summed E-state index contributed by atoms with van der Waals surface area (Å²) < 4.78 is 4.99. The van der Waals surface area contributed by atoms with Gasteiger partial charge in [-0.3, -0.25) is 0 Å². The summed E-state index contributed by atoms with van der Waals surface area (Å²) in [6.45, 7) is 2.79. The van der Waals surface area contributed by atoms with Gasteiger partial charge in [-0.05, 0) is 25.9 Å². The van der Waals surface area contributed by atoms with Crippen molar-refractivity contribution < 1.29 is 4.74 Å². The zero-order valence-electron chi connectivity index (χ0n) is 8.83. The normalized spacial score (nSPS) is 19.4. The lowest BCUT2D eigenvalue weighted by molar-refractivity contribution is 0.160. The minimum absolute atomic E-state index is 0.161. The van der Waals surface area contributed by atoms with Gasteiger partial charge < -0.3 is 15.4 Å². The Bertz CT molecular complexity index is 137. The number of nitrogens with zero attached hydrogens (tertiary/aromatic N) is 1. The largest absolute Gasteiger partial charge is 0.383 e. The molecule has 0 aliphatic heterocycles. The van der Waals surface area contributed by atoms with E-state index in [0.29, 0.717) is 6.61 Å². The molecule has 1 aliphatic carbocycles. The average molecular weight is 186 g/mol. The molecular weight excluding hydrogens is 164 g/mol. The van der Waals surface area contributed by atoms with Crippen molar-refractivity contribution in [3.05, 3.63) is 0 Å². The highest BCUT2D eigenvalue weighted by molar-refractivity contribution is 4.75. The van der Waals surface area contributed by atoms with E-state index in [9.17, 15) is 0 Å². The van der Waals surface area contributed by atoms with Gasteiger partial charge in [0.25, 0.3) is 0 Å². The summed E-state index contributed by atoms with van der Waals surface area (Å²) in [6.07, 6.45) is 4.23. The Balaban J connectivity index is 1.97. The summed E-state index contributed by atoms with van der Waals surface area (Å²) in [4.78, 5) is 2.31. The molecule has 2 N–H and O–H groups in total. The monoisotopic (exact) mass is 186 g/mol. The lowest BCUT2D eigenvalue weighted by Crippen LogP contribution is -2.38. The Hall–Kier alpha value is -0.120. The van der Waals surface area contributed by atoms with Crippen LogP contribution in [0.1, 0.15) is 19.3 Å². The SMILES string of the molecule is COCC(N)CN(C)CCC1CC1. The molecule has 0 saturated heterocycles. The molecule has 1 saturated carbocycles. The van der Waals surface area contributed by atoms with Gasteiger partial charge in [0.2, 0.25) is 0 Å². The van der Waals surface area contributed by atoms with Gasteiger partial charge in [0.05, 0.1) is 6.61 Å². The number of hydrogen-bond donors (Lipinski definition) is 1. The van der Waals surface area contributed by atoms with E-state index in [1.54, 1.807) is 7.11 Å². The Morgan fingerprint density at radius 2 is 2.23 bits per heavy atom. The van der Waals surface area contributed by atoms with Gasteiger partial charge in [-0.2, -0.15) is 0 Å². The van der Waals surface area contributed by atoms with E-state index in [0.717, 1.165) is 12.5 Å². The lowest BCUT2D eigenvalue weighted by Gasteiger charge is -2.20. The van der Waals surface area contributed by atoms with E-state index >= 15 is 0 Å². The molecule has 1 rings (SSSR count). The van der Waals surface area contributed by atoms with Crippen molar-refractivity contribution in [2.24, 2.45) is 11.7 Å². The fraction of sp³-hybridized carbons (Fsp3) is 1.00. The first-order valence-corrected chi connectivity index (χ1v) is 5.15. The van der Waals surface area contributed by atoms with Crippen LogP contribution in [0.15, 0.2) is 0 Å². The van der Waals surface area contributed by atoms with Crippen LogP contribution in [-0.4, -0.2) is 44.8 Å². The number of nitrogens with two attached hydrogens (primary N) is 1. The average Bonchev–Trinajstić information content (AvgIpc) is 2.84. The van der Waals surface area contributed by atoms with Crippen molar-refractivity contribution in [2.45, 2.75) is 25.3 Å². The lowest BCUT2D eigenvalue weighted by atomic mass is 10.2. The first-order valence-electron chi connectivity index (χ1n) is 5.15. The molecule has 0 aromatic carbocycles. The van der Waals surface area contributed by atoms with E-state index in [2.05, 4.69) is 11.9 Å². The van der Waals surface area contributed by atoms with Crippen LogP contribution in [0, 0.1) is 5.92 Å². The van der Waals surface area contributed by atoms with Crippen LogP contribution in [-0.2, 0) is 4.74 Å². The molecule has 0 bridgehead atoms. The summed E-state index contributed by atoms with van der Waals surface area (Å²) >= 11 is 0. The summed E-state index contributed by atoms with van der Waals surface area (Å²) in [7, 11) is 3.84. The standard InChI is InChI=1S/C10H22N2O/c1-12(6-5-9-3-4-9)7-10(11)8-13-2/h9-10H,3-8,11H2,1-2H3. The summed E-state index contributed by atoms with van der Waals surface area (Å²) in [5.74, 6) is 1.01. The first-order chi connectivity index (χ1) is 6.22. The molecule has 1 aliphatic rings. The Morgan fingerprint density at radius 1 is 1.54 bits per heavy atom. The molecule has 1 fully saturated rings. The third-order valence-electron chi connectivity index (χ3n) is 2.54. The quantitative estimate of drug-likeness (QED) is 0.636. The minimum atomic E-state index is 0.161. The van der Waals surface area contributed by atoms with Crippen molar-refractivity contribution in [3.63, 3.8) is 0 Å². The number of hydrogen-bond acceptors (Lipinski definition) is 3. The highest BCUT2D eigenvalue weighted by atomic mass is 16.5. The molecule has 0 heterocycles. The fourth-order valence-corrected chi connectivity index (χ4v) is 1.57. The van der Waals surface area contributed by atoms with Gasteiger partial charge >= 0.3 is 0 Å². The van der Waals surface area contributed by atoms with Gasteiger partial charge in [0.15, 0.2) is 0 Å². The third-order valence-corrected chi connectivity index (χ3v) is 2.54. The molecule has 0 radical (unpaired) electrons. The molecule has 0 aromatic heterocycles. The summed E-state index contributed by atoms with van der Waals surface area (Å²) in [5.41, 5.74) is 5.84. The van der Waals surface area contributed by atoms with Gasteiger partial charge in [-0.1, -0.05) is 12.8 Å². The topological polar surface area (TPSA) is 38.5 Å². The van der Waals surface area contributed by atoms with Gasteiger partial charge in [-0.15, -0.1) is 0 Å². The fourth-order valence-electron chi connectivity index (χ4n) is 1.57. The molecule has 3 heteroatoms. The molecule has 1 atom stereocenters. The van der Waals surface area contributed by atoms with Gasteiger partial charge in [-0.25, -0.2) is 0 Å². The van der Waals surface area contributed by atoms with E-state index < -0.39 is 0 Å². The van der Waals surface area contributed by atoms with Crippen molar-refractivity contribution in [3.8, 4) is 0 Å². The van der Waals surface area contributed by atoms with E-state index in [4.69, 9.17) is 10.5 Å². The van der Waals surface area contributed by atoms with Crippen LogP contribution in [0.5, 0.6) is 0 Å². The Labute approximate surface area is 81.2 Å². The number of methoxy groups -OCH3 is 1. The Kier molecular flexibility index (Phi) is 4.70. The van der Waals surface area contributed by atoms with E-state index in [-0.39, 0.29) is 6.04 Å². The van der Waals surface area contributed by atoms with Crippen LogP contribution in [0.2, 0.25) is 0 Å². The van der Waals surface area contributed by atoms with Crippen molar-refractivity contribution in [1.29, 1.82) is 0 Å². The number of likely N-dealkylation sites (N-methyl/N-ethyl adjacent to an activating group) is 1. The second-order valence-corrected chi connectivity index (χ2v) is 4.21. The molecule has 0 spiro atoms. The van der Waals surface area contributed by atoms with E-state index in [1.165, 1.54) is 25.8 Å². The smallest absolute Gasteiger partial charge is 0.0626 e. The predicted molar refractivity (Wildman–Crippen MR) is 54.7 cm³/mol. The molecular formula is C10H22N2O. The van der Waals surface area contributed by atoms with Crippen LogP contribution in [0.4, 0.5) is 0 Å². The molecule has 1 unspecified atom stereocenters. The second-order valence-electron chi connectivity index (χ2n) is 4.21. The zero-order valence-corrected chi connectivity index (χ0v) is 8.83. The van der Waals surface area contributed by atoms with Gasteiger partial charge in [0.1, 0.15) is 0 Å². The van der Waals surface area contributed by atoms with Crippen LogP contribution >= 0.6 is 0 Å². The number of ether oxygens (including phenoxy) is 1. The highest BCUT2D eigenvalue weighted by Gasteiger charge is 2.21. The summed E-state index contributed by atoms with van der Waals surface area (Å²) in [6, 6.07) is 0.161. The summed E-state index contributed by atoms with van der Waals surface area (Å²) in [5, 5.41) is 0. The maximum atomic E-state index is 5.84. The minimum Gasteiger partial charge on any atom is -0.383 e. The van der Waals surface area contributed by atoms with Crippen LogP contribution < -0.4 is 5.73 Å². The highest BCUT2D eigenvalue weighted by Crippen LogP contribution is 2.32. The molecule has 3 nitrogen and oxygen atoms in total. The molecule has 0 amide bonds. The predicted octanol–water partition coefficient (Wildman–Crippen LogP) is 0.692. The number of rotatable bonds is 7. The van der Waals surface area contributed by atoms with Crippen molar-refractivity contribution in [1.82, 2.24) is 4.90 Å².